The van der Waals surface area contributed by atoms with Crippen molar-refractivity contribution in [1.82, 2.24) is 0 Å². The van der Waals surface area contributed by atoms with Crippen molar-refractivity contribution in [3.8, 4) is 22.6 Å². The molecule has 216 valence electrons. The maximum atomic E-state index is 12.9. The average Bonchev–Trinajstić information content (AvgIpc) is 3.84. The smallest absolute Gasteiger partial charge is 0.343 e. The molecule has 0 amide bonds. The van der Waals surface area contributed by atoms with Crippen molar-refractivity contribution < 1.29 is 28.2 Å². The lowest BCUT2D eigenvalue weighted by Gasteiger charge is -2.11. The number of hydrogen-bond donors (Lipinski definition) is 0. The van der Waals surface area contributed by atoms with Gasteiger partial charge in [-0.15, -0.1) is 0 Å². The van der Waals surface area contributed by atoms with Gasteiger partial charge in [-0.1, -0.05) is 42.8 Å². The first kappa shape index (κ1) is 27.9. The van der Waals surface area contributed by atoms with E-state index in [0.29, 0.717) is 35.2 Å². The topological polar surface area (TPSA) is 87.5 Å². The lowest BCUT2D eigenvalue weighted by molar-refractivity contribution is 0.0735. The second-order valence-electron chi connectivity index (χ2n) is 10.7. The van der Waals surface area contributed by atoms with Crippen molar-refractivity contribution in [2.75, 3.05) is 26.4 Å². The molecule has 1 aliphatic carbocycles. The van der Waals surface area contributed by atoms with Crippen LogP contribution in [0.15, 0.2) is 82.0 Å². The van der Waals surface area contributed by atoms with Crippen molar-refractivity contribution in [2.45, 2.75) is 44.6 Å². The summed E-state index contributed by atoms with van der Waals surface area (Å²) in [4.78, 5) is 25.4. The number of esters is 1. The number of rotatable bonds is 13. The third kappa shape index (κ3) is 7.16. The van der Waals surface area contributed by atoms with Crippen LogP contribution in [0.1, 0.15) is 53.8 Å². The van der Waals surface area contributed by atoms with E-state index in [1.807, 2.05) is 42.5 Å². The van der Waals surface area contributed by atoms with Crippen molar-refractivity contribution in [3.63, 3.8) is 0 Å². The third-order valence-corrected chi connectivity index (χ3v) is 7.47. The van der Waals surface area contributed by atoms with E-state index in [2.05, 4.69) is 6.08 Å². The van der Waals surface area contributed by atoms with Gasteiger partial charge < -0.3 is 23.4 Å². The van der Waals surface area contributed by atoms with Crippen molar-refractivity contribution >= 4 is 22.8 Å². The van der Waals surface area contributed by atoms with Crippen LogP contribution < -0.4 is 15.1 Å². The number of ether oxygens (including phenoxy) is 4. The van der Waals surface area contributed by atoms with Gasteiger partial charge in [-0.05, 0) is 84.5 Å². The number of epoxide rings is 1. The van der Waals surface area contributed by atoms with E-state index in [1.54, 1.807) is 30.3 Å². The van der Waals surface area contributed by atoms with Gasteiger partial charge in [-0.2, -0.15) is 0 Å². The number of hydrogen-bond acceptors (Lipinski definition) is 7. The Labute approximate surface area is 244 Å². The molecule has 0 saturated carbocycles. The van der Waals surface area contributed by atoms with E-state index in [4.69, 9.17) is 23.4 Å². The minimum atomic E-state index is -0.449. The summed E-state index contributed by atoms with van der Waals surface area (Å²) in [6, 6.07) is 20.1. The summed E-state index contributed by atoms with van der Waals surface area (Å²) >= 11 is 0. The molecule has 1 aromatic heterocycles. The first-order valence-electron chi connectivity index (χ1n) is 14.6. The summed E-state index contributed by atoms with van der Waals surface area (Å²) in [7, 11) is 0. The van der Waals surface area contributed by atoms with E-state index in [-0.39, 0.29) is 5.63 Å². The molecular formula is C35H34O7. The Bertz CT molecular complexity index is 1630. The first-order chi connectivity index (χ1) is 20.6. The molecule has 3 aromatic carbocycles. The number of benzene rings is 3. The zero-order valence-corrected chi connectivity index (χ0v) is 23.5. The van der Waals surface area contributed by atoms with Gasteiger partial charge in [0.1, 0.15) is 23.4 Å². The zero-order chi connectivity index (χ0) is 28.7. The van der Waals surface area contributed by atoms with Crippen LogP contribution >= 0.6 is 0 Å². The van der Waals surface area contributed by atoms with Crippen LogP contribution in [0, 0.1) is 0 Å². The van der Waals surface area contributed by atoms with Gasteiger partial charge in [0.05, 0.1) is 30.9 Å². The highest BCUT2D eigenvalue weighted by Crippen LogP contribution is 2.27. The van der Waals surface area contributed by atoms with Gasteiger partial charge in [-0.25, -0.2) is 9.59 Å². The van der Waals surface area contributed by atoms with Crippen molar-refractivity contribution in [1.29, 1.82) is 0 Å². The number of allylic oxidation sites excluding steroid dienone is 1. The molecular weight excluding hydrogens is 532 g/mol. The van der Waals surface area contributed by atoms with Gasteiger partial charge >= 0.3 is 11.6 Å². The molecule has 0 bridgehead atoms. The van der Waals surface area contributed by atoms with Crippen LogP contribution in [0.4, 0.5) is 0 Å². The molecule has 1 atom stereocenters. The molecule has 0 spiro atoms. The Kier molecular flexibility index (Phi) is 8.78. The molecule has 1 aliphatic heterocycles. The van der Waals surface area contributed by atoms with Gasteiger partial charge in [0.25, 0.3) is 0 Å². The molecule has 0 N–H and O–H groups in total. The fourth-order valence-electron chi connectivity index (χ4n) is 5.02. The maximum Gasteiger partial charge on any atom is 0.343 e. The first-order valence-corrected chi connectivity index (χ1v) is 14.6. The molecule has 2 aliphatic rings. The van der Waals surface area contributed by atoms with Crippen LogP contribution in [0.25, 0.3) is 28.0 Å². The SMILES string of the molecule is O=C(Oc1ccc(-c2cc3c(oc2=O)CCC=C3)cc1)c1ccc2cc(OCCCCCCOCC3CO3)ccc2c1. The van der Waals surface area contributed by atoms with Gasteiger partial charge in [-0.3, -0.25) is 0 Å². The Morgan fingerprint density at radius 3 is 2.45 bits per heavy atom. The molecule has 42 heavy (non-hydrogen) atoms. The highest BCUT2D eigenvalue weighted by molar-refractivity contribution is 5.96. The summed E-state index contributed by atoms with van der Waals surface area (Å²) in [6.07, 6.45) is 10.3. The molecule has 1 saturated heterocycles. The fraction of sp³-hybridized carbons (Fsp3) is 0.314. The molecule has 6 rings (SSSR count). The minimum absolute atomic E-state index is 0.334. The van der Waals surface area contributed by atoms with Crippen LogP contribution in [-0.2, 0) is 15.9 Å². The Balaban J connectivity index is 0.996. The van der Waals surface area contributed by atoms with E-state index in [0.717, 1.165) is 86.2 Å². The number of carbonyl (C=O) groups is 1. The highest BCUT2D eigenvalue weighted by Gasteiger charge is 2.22. The summed E-state index contributed by atoms with van der Waals surface area (Å²) < 4.78 is 27.8. The summed E-state index contributed by atoms with van der Waals surface area (Å²) in [5.74, 6) is 1.49. The zero-order valence-electron chi connectivity index (χ0n) is 23.5. The molecule has 1 fully saturated rings. The standard InChI is InChI=1S/C35H34O7/c36-34(41-29-14-11-24(12-15-29)32-21-27-7-3-4-8-33(27)42-35(32)37)28-10-9-26-20-30(16-13-25(26)19-28)39-18-6-2-1-5-17-38-22-31-23-40-31/h3,7,9-16,19-21,31H,1-2,4-6,8,17-18,22-23H2. The summed E-state index contributed by atoms with van der Waals surface area (Å²) in [6.45, 7) is 3.02. The quantitative estimate of drug-likeness (QED) is 0.0746. The van der Waals surface area contributed by atoms with Crippen LogP contribution in [0.5, 0.6) is 11.5 Å². The monoisotopic (exact) mass is 566 g/mol. The second-order valence-corrected chi connectivity index (χ2v) is 10.7. The van der Waals surface area contributed by atoms with Crippen LogP contribution in [0.3, 0.4) is 0 Å². The van der Waals surface area contributed by atoms with Crippen LogP contribution in [0.2, 0.25) is 0 Å². The number of fused-ring (bicyclic) bond motifs is 2. The number of unbranched alkanes of at least 4 members (excludes halogenated alkanes) is 3. The highest BCUT2D eigenvalue weighted by atomic mass is 16.6. The lowest BCUT2D eigenvalue weighted by Crippen LogP contribution is -2.09. The predicted molar refractivity (Wildman–Crippen MR) is 161 cm³/mol. The van der Waals surface area contributed by atoms with Gasteiger partial charge in [0.15, 0.2) is 0 Å². The van der Waals surface area contributed by atoms with Gasteiger partial charge in [0, 0.05) is 18.6 Å². The van der Waals surface area contributed by atoms with E-state index in [1.165, 1.54) is 0 Å². The van der Waals surface area contributed by atoms with Crippen molar-refractivity contribution in [3.05, 3.63) is 100 Å². The average molecular weight is 567 g/mol. The van der Waals surface area contributed by atoms with Crippen molar-refractivity contribution in [2.24, 2.45) is 0 Å². The fourth-order valence-corrected chi connectivity index (χ4v) is 5.02. The molecule has 0 radical (unpaired) electrons. The second kappa shape index (κ2) is 13.2. The molecule has 1 unspecified atom stereocenters. The molecule has 4 aromatic rings. The molecule has 2 heterocycles. The van der Waals surface area contributed by atoms with E-state index < -0.39 is 5.97 Å². The maximum absolute atomic E-state index is 12.9. The Hall–Kier alpha value is -4.20. The van der Waals surface area contributed by atoms with E-state index in [9.17, 15) is 9.59 Å². The lowest BCUT2D eigenvalue weighted by atomic mass is 10.00. The predicted octanol–water partition coefficient (Wildman–Crippen LogP) is 6.99. The summed E-state index contributed by atoms with van der Waals surface area (Å²) in [5, 5.41) is 1.92. The minimum Gasteiger partial charge on any atom is -0.494 e. The van der Waals surface area contributed by atoms with Crippen LogP contribution in [-0.4, -0.2) is 38.5 Å². The Morgan fingerprint density at radius 2 is 1.62 bits per heavy atom. The third-order valence-electron chi connectivity index (χ3n) is 7.47. The summed E-state index contributed by atoms with van der Waals surface area (Å²) in [5.41, 5.74) is 2.20. The number of carbonyl (C=O) groups excluding carboxylic acids is 1. The van der Waals surface area contributed by atoms with Gasteiger partial charge in [0.2, 0.25) is 0 Å². The van der Waals surface area contributed by atoms with E-state index >= 15 is 0 Å². The normalized spacial score (nSPS) is 15.4. The number of aryl methyl sites for hydroxylation is 1. The largest absolute Gasteiger partial charge is 0.494 e. The molecule has 7 nitrogen and oxygen atoms in total. The Morgan fingerprint density at radius 1 is 0.857 bits per heavy atom. The molecule has 7 heteroatoms.